The van der Waals surface area contributed by atoms with Crippen LogP contribution in [0.15, 0.2) is 77.7 Å². The van der Waals surface area contributed by atoms with Crippen molar-refractivity contribution < 1.29 is 18.0 Å². The summed E-state index contributed by atoms with van der Waals surface area (Å²) >= 11 is 0. The molecule has 0 aliphatic carbocycles. The maximum Gasteiger partial charge on any atom is 0.261 e. The number of carbonyl (C=O) groups excluding carboxylic acids is 2. The molecular weight excluding hydrogens is 402 g/mol. The van der Waals surface area contributed by atoms with E-state index in [0.717, 1.165) is 5.56 Å². The summed E-state index contributed by atoms with van der Waals surface area (Å²) in [6, 6.07) is 19.3. The molecule has 3 N–H and O–H groups in total. The number of amides is 2. The van der Waals surface area contributed by atoms with Gasteiger partial charge in [-0.15, -0.1) is 0 Å². The summed E-state index contributed by atoms with van der Waals surface area (Å²) in [7, 11) is -3.76. The Morgan fingerprint density at radius 2 is 1.20 bits per heavy atom. The van der Waals surface area contributed by atoms with Crippen molar-refractivity contribution in [3.8, 4) is 0 Å². The van der Waals surface area contributed by atoms with Crippen LogP contribution in [0.25, 0.3) is 0 Å². The number of benzene rings is 3. The molecule has 0 fully saturated rings. The molecule has 0 radical (unpaired) electrons. The Hall–Kier alpha value is -3.65. The quantitative estimate of drug-likeness (QED) is 0.557. The Labute approximate surface area is 175 Å². The van der Waals surface area contributed by atoms with Gasteiger partial charge < -0.3 is 10.6 Å². The van der Waals surface area contributed by atoms with Crippen molar-refractivity contribution in [2.75, 3.05) is 15.4 Å². The standard InChI is InChI=1S/C22H21N3O4S/c1-15-3-7-20(8-4-15)25-30(28,29)21-13-5-17(6-14-21)22(27)24-19-11-9-18(10-12-19)23-16(2)26/h3-14,25H,1-2H3,(H,23,26)(H,24,27). The zero-order chi connectivity index (χ0) is 21.7. The molecule has 0 bridgehead atoms. The zero-order valence-corrected chi connectivity index (χ0v) is 17.3. The first-order chi connectivity index (χ1) is 14.2. The molecule has 0 atom stereocenters. The fourth-order valence-electron chi connectivity index (χ4n) is 2.66. The molecule has 0 saturated carbocycles. The van der Waals surface area contributed by atoms with Gasteiger partial charge in [0.25, 0.3) is 15.9 Å². The van der Waals surface area contributed by atoms with Crippen molar-refractivity contribution in [3.05, 3.63) is 83.9 Å². The molecule has 0 spiro atoms. The molecule has 8 heteroatoms. The SMILES string of the molecule is CC(=O)Nc1ccc(NC(=O)c2ccc(S(=O)(=O)Nc3ccc(C)cc3)cc2)cc1. The molecule has 0 aliphatic heterocycles. The van der Waals surface area contributed by atoms with Crippen LogP contribution in [0.4, 0.5) is 17.1 Å². The lowest BCUT2D eigenvalue weighted by Gasteiger charge is -2.10. The normalized spacial score (nSPS) is 10.9. The van der Waals surface area contributed by atoms with Gasteiger partial charge in [0, 0.05) is 29.5 Å². The van der Waals surface area contributed by atoms with Gasteiger partial charge in [-0.3, -0.25) is 14.3 Å². The minimum absolute atomic E-state index is 0.0549. The van der Waals surface area contributed by atoms with Crippen LogP contribution in [0, 0.1) is 6.92 Å². The van der Waals surface area contributed by atoms with Crippen LogP contribution in [-0.4, -0.2) is 20.2 Å². The lowest BCUT2D eigenvalue weighted by atomic mass is 10.2. The average Bonchev–Trinajstić information content (AvgIpc) is 2.71. The van der Waals surface area contributed by atoms with Crippen LogP contribution >= 0.6 is 0 Å². The topological polar surface area (TPSA) is 104 Å². The third-order valence-electron chi connectivity index (χ3n) is 4.19. The van der Waals surface area contributed by atoms with E-state index in [1.54, 1.807) is 36.4 Å². The van der Waals surface area contributed by atoms with Crippen LogP contribution in [0.1, 0.15) is 22.8 Å². The number of nitrogens with one attached hydrogen (secondary N) is 3. The van der Waals surface area contributed by atoms with Gasteiger partial charge in [0.1, 0.15) is 0 Å². The number of aryl methyl sites for hydroxylation is 1. The van der Waals surface area contributed by atoms with Crippen molar-refractivity contribution in [2.24, 2.45) is 0 Å². The van der Waals surface area contributed by atoms with Crippen molar-refractivity contribution >= 4 is 38.9 Å². The number of carbonyl (C=O) groups is 2. The van der Waals surface area contributed by atoms with Gasteiger partial charge in [-0.2, -0.15) is 0 Å². The molecule has 7 nitrogen and oxygen atoms in total. The smallest absolute Gasteiger partial charge is 0.261 e. The van der Waals surface area contributed by atoms with E-state index >= 15 is 0 Å². The highest BCUT2D eigenvalue weighted by molar-refractivity contribution is 7.92. The summed E-state index contributed by atoms with van der Waals surface area (Å²) in [5.74, 6) is -0.559. The molecule has 3 aromatic rings. The fraction of sp³-hybridized carbons (Fsp3) is 0.0909. The van der Waals surface area contributed by atoms with Gasteiger partial charge in [-0.05, 0) is 67.6 Å². The minimum Gasteiger partial charge on any atom is -0.326 e. The Balaban J connectivity index is 1.67. The molecule has 3 aromatic carbocycles. The molecule has 0 aromatic heterocycles. The summed E-state index contributed by atoms with van der Waals surface area (Å²) in [6.45, 7) is 3.33. The van der Waals surface area contributed by atoms with E-state index in [0.29, 0.717) is 22.6 Å². The van der Waals surface area contributed by atoms with Crippen molar-refractivity contribution in [2.45, 2.75) is 18.7 Å². The van der Waals surface area contributed by atoms with Crippen molar-refractivity contribution in [3.63, 3.8) is 0 Å². The number of anilines is 3. The van der Waals surface area contributed by atoms with Gasteiger partial charge in [0.15, 0.2) is 0 Å². The van der Waals surface area contributed by atoms with Gasteiger partial charge >= 0.3 is 0 Å². The van der Waals surface area contributed by atoms with Crippen molar-refractivity contribution in [1.82, 2.24) is 0 Å². The highest BCUT2D eigenvalue weighted by atomic mass is 32.2. The molecule has 0 saturated heterocycles. The van der Waals surface area contributed by atoms with Crippen LogP contribution < -0.4 is 15.4 Å². The van der Waals surface area contributed by atoms with Gasteiger partial charge in [-0.25, -0.2) is 8.42 Å². The number of rotatable bonds is 6. The van der Waals surface area contributed by atoms with E-state index in [1.807, 2.05) is 19.1 Å². The second-order valence-corrected chi connectivity index (χ2v) is 8.39. The predicted molar refractivity (Wildman–Crippen MR) is 117 cm³/mol. The number of hydrogen-bond donors (Lipinski definition) is 3. The Kier molecular flexibility index (Phi) is 6.17. The largest absolute Gasteiger partial charge is 0.326 e. The van der Waals surface area contributed by atoms with Crippen molar-refractivity contribution in [1.29, 1.82) is 0 Å². The Morgan fingerprint density at radius 1 is 0.700 bits per heavy atom. The van der Waals surface area contributed by atoms with E-state index in [-0.39, 0.29) is 16.7 Å². The highest BCUT2D eigenvalue weighted by Gasteiger charge is 2.15. The van der Waals surface area contributed by atoms with Crippen LogP contribution in [-0.2, 0) is 14.8 Å². The third-order valence-corrected chi connectivity index (χ3v) is 5.59. The fourth-order valence-corrected chi connectivity index (χ4v) is 3.72. The summed E-state index contributed by atoms with van der Waals surface area (Å²) in [5.41, 5.74) is 2.97. The van der Waals surface area contributed by atoms with E-state index in [2.05, 4.69) is 15.4 Å². The van der Waals surface area contributed by atoms with E-state index in [9.17, 15) is 18.0 Å². The molecule has 154 valence electrons. The monoisotopic (exact) mass is 423 g/mol. The predicted octanol–water partition coefficient (Wildman–Crippen LogP) is 4.01. The molecule has 2 amide bonds. The average molecular weight is 423 g/mol. The van der Waals surface area contributed by atoms with Gasteiger partial charge in [-0.1, -0.05) is 17.7 Å². The third kappa shape index (κ3) is 5.45. The molecule has 30 heavy (non-hydrogen) atoms. The number of sulfonamides is 1. The summed E-state index contributed by atoms with van der Waals surface area (Å²) in [5, 5.41) is 5.37. The molecular formula is C22H21N3O4S. The van der Waals surface area contributed by atoms with Gasteiger partial charge in [0.2, 0.25) is 5.91 Å². The van der Waals surface area contributed by atoms with Crippen LogP contribution in [0.5, 0.6) is 0 Å². The van der Waals surface area contributed by atoms with E-state index < -0.39 is 10.0 Å². The van der Waals surface area contributed by atoms with Crippen LogP contribution in [0.3, 0.4) is 0 Å². The highest BCUT2D eigenvalue weighted by Crippen LogP contribution is 2.18. The minimum atomic E-state index is -3.76. The van der Waals surface area contributed by atoms with Gasteiger partial charge in [0.05, 0.1) is 4.90 Å². The molecule has 3 rings (SSSR count). The summed E-state index contributed by atoms with van der Waals surface area (Å²) in [4.78, 5) is 23.5. The van der Waals surface area contributed by atoms with E-state index in [1.165, 1.54) is 31.2 Å². The second kappa shape index (κ2) is 8.79. The first-order valence-corrected chi connectivity index (χ1v) is 10.6. The Morgan fingerprint density at radius 3 is 1.73 bits per heavy atom. The first kappa shape index (κ1) is 21.1. The lowest BCUT2D eigenvalue weighted by Crippen LogP contribution is -2.15. The first-order valence-electron chi connectivity index (χ1n) is 9.11. The lowest BCUT2D eigenvalue weighted by molar-refractivity contribution is -0.114. The van der Waals surface area contributed by atoms with Crippen LogP contribution in [0.2, 0.25) is 0 Å². The molecule has 0 heterocycles. The Bertz CT molecular complexity index is 1150. The summed E-state index contributed by atoms with van der Waals surface area (Å²) < 4.78 is 27.6. The summed E-state index contributed by atoms with van der Waals surface area (Å²) in [6.07, 6.45) is 0. The maximum atomic E-state index is 12.5. The maximum absolute atomic E-state index is 12.5. The second-order valence-electron chi connectivity index (χ2n) is 6.71. The number of hydrogen-bond acceptors (Lipinski definition) is 4. The molecule has 0 unspecified atom stereocenters. The van der Waals surface area contributed by atoms with E-state index in [4.69, 9.17) is 0 Å². The zero-order valence-electron chi connectivity index (χ0n) is 16.5. The molecule has 0 aliphatic rings.